The van der Waals surface area contributed by atoms with E-state index in [1.54, 1.807) is 0 Å². The van der Waals surface area contributed by atoms with Gasteiger partial charge in [-0.05, 0) is 13.0 Å². The summed E-state index contributed by atoms with van der Waals surface area (Å²) in [6.45, 7) is 4.89. The fourth-order valence-electron chi connectivity index (χ4n) is 0.485. The van der Waals surface area contributed by atoms with Crippen molar-refractivity contribution >= 4 is 17.3 Å². The van der Waals surface area contributed by atoms with E-state index in [2.05, 4.69) is 16.1 Å². The van der Waals surface area contributed by atoms with Crippen LogP contribution in [0.2, 0.25) is 0 Å². The maximum Gasteiger partial charge on any atom is 0.243 e. The molecule has 0 aliphatic heterocycles. The number of carbonyl (C=O) groups is 1. The molecule has 6 heteroatoms. The molecule has 0 rings (SSSR count). The molecule has 70 valence electrons. The number of amides is 1. The van der Waals surface area contributed by atoms with Crippen LogP contribution in [0.15, 0.2) is 12.7 Å². The standard InChI is InChI=1S/C6H11NO4S/c1-3-6(8)7-4-5(2)11-12(9)10/h3,5H,1,4H2,2H3,(H,7,8)(H,9,10)/p-1. The molecule has 0 radical (unpaired) electrons. The van der Waals surface area contributed by atoms with Crippen molar-refractivity contribution in [2.75, 3.05) is 6.54 Å². The SMILES string of the molecule is C=CC(=O)NCC(C)OS(=O)[O-]. The minimum absolute atomic E-state index is 0.138. The molecule has 0 aromatic heterocycles. The second-order valence-corrected chi connectivity index (χ2v) is 2.66. The van der Waals surface area contributed by atoms with Gasteiger partial charge in [0.15, 0.2) is 0 Å². The zero-order valence-electron chi connectivity index (χ0n) is 6.61. The largest absolute Gasteiger partial charge is 0.750 e. The molecule has 0 aliphatic carbocycles. The maximum absolute atomic E-state index is 10.6. The van der Waals surface area contributed by atoms with E-state index >= 15 is 0 Å². The topological polar surface area (TPSA) is 78.5 Å². The second-order valence-electron chi connectivity index (χ2n) is 2.06. The lowest BCUT2D eigenvalue weighted by Gasteiger charge is -2.13. The minimum atomic E-state index is -2.54. The van der Waals surface area contributed by atoms with Crippen LogP contribution >= 0.6 is 0 Å². The first kappa shape index (κ1) is 11.3. The normalized spacial score (nSPS) is 14.8. The molecule has 1 amide bonds. The van der Waals surface area contributed by atoms with Crippen LogP contribution in [0.25, 0.3) is 0 Å². The molecule has 0 fully saturated rings. The molecule has 0 saturated heterocycles. The van der Waals surface area contributed by atoms with Gasteiger partial charge in [-0.25, -0.2) is 4.21 Å². The third-order valence-corrected chi connectivity index (χ3v) is 1.48. The minimum Gasteiger partial charge on any atom is -0.750 e. The highest BCUT2D eigenvalue weighted by Crippen LogP contribution is 1.90. The highest BCUT2D eigenvalue weighted by molar-refractivity contribution is 7.74. The number of carbonyl (C=O) groups excluding carboxylic acids is 1. The lowest BCUT2D eigenvalue weighted by Crippen LogP contribution is -2.31. The molecule has 0 saturated carbocycles. The fraction of sp³-hybridized carbons (Fsp3) is 0.500. The van der Waals surface area contributed by atoms with Gasteiger partial charge in [0.1, 0.15) is 0 Å². The summed E-state index contributed by atoms with van der Waals surface area (Å²) in [5, 5.41) is 2.38. The monoisotopic (exact) mass is 192 g/mol. The van der Waals surface area contributed by atoms with E-state index in [1.165, 1.54) is 6.92 Å². The summed E-state index contributed by atoms with van der Waals surface area (Å²) in [6.07, 6.45) is 0.535. The average molecular weight is 192 g/mol. The Hall–Kier alpha value is -0.720. The number of hydrogen-bond acceptors (Lipinski definition) is 4. The van der Waals surface area contributed by atoms with Crippen LogP contribution in [0.1, 0.15) is 6.92 Å². The van der Waals surface area contributed by atoms with E-state index in [0.29, 0.717) is 0 Å². The molecule has 0 aliphatic rings. The van der Waals surface area contributed by atoms with Crippen LogP contribution in [0.4, 0.5) is 0 Å². The van der Waals surface area contributed by atoms with E-state index in [-0.39, 0.29) is 12.5 Å². The summed E-state index contributed by atoms with van der Waals surface area (Å²) < 4.78 is 24.3. The Morgan fingerprint density at radius 1 is 1.92 bits per heavy atom. The highest BCUT2D eigenvalue weighted by Gasteiger charge is 2.02. The number of rotatable bonds is 5. The van der Waals surface area contributed by atoms with Crippen LogP contribution in [0.3, 0.4) is 0 Å². The van der Waals surface area contributed by atoms with Gasteiger partial charge in [0.2, 0.25) is 5.91 Å². The van der Waals surface area contributed by atoms with Gasteiger partial charge in [0.25, 0.3) is 0 Å². The lowest BCUT2D eigenvalue weighted by atomic mass is 10.4. The lowest BCUT2D eigenvalue weighted by molar-refractivity contribution is -0.116. The highest BCUT2D eigenvalue weighted by atomic mass is 32.2. The Kier molecular flexibility index (Phi) is 5.52. The molecule has 0 spiro atoms. The molecule has 0 aromatic carbocycles. The van der Waals surface area contributed by atoms with E-state index < -0.39 is 17.5 Å². The van der Waals surface area contributed by atoms with E-state index in [4.69, 9.17) is 0 Å². The zero-order valence-corrected chi connectivity index (χ0v) is 7.43. The van der Waals surface area contributed by atoms with Crippen molar-refractivity contribution < 1.29 is 17.7 Å². The molecule has 0 aromatic rings. The van der Waals surface area contributed by atoms with Gasteiger partial charge in [-0.1, -0.05) is 6.58 Å². The smallest absolute Gasteiger partial charge is 0.243 e. The van der Waals surface area contributed by atoms with Gasteiger partial charge >= 0.3 is 0 Å². The van der Waals surface area contributed by atoms with Gasteiger partial charge < -0.3 is 9.87 Å². The predicted octanol–water partition coefficient (Wildman–Crippen LogP) is -0.512. The van der Waals surface area contributed by atoms with E-state index in [0.717, 1.165) is 6.08 Å². The van der Waals surface area contributed by atoms with Crippen molar-refractivity contribution in [3.05, 3.63) is 12.7 Å². The van der Waals surface area contributed by atoms with Crippen LogP contribution in [-0.2, 0) is 20.3 Å². The van der Waals surface area contributed by atoms with Crippen molar-refractivity contribution in [2.24, 2.45) is 0 Å². The Bertz CT molecular complexity index is 194. The Morgan fingerprint density at radius 2 is 2.50 bits per heavy atom. The van der Waals surface area contributed by atoms with Crippen LogP contribution in [0, 0.1) is 0 Å². The predicted molar refractivity (Wildman–Crippen MR) is 42.7 cm³/mol. The van der Waals surface area contributed by atoms with Gasteiger partial charge in [0.05, 0.1) is 17.5 Å². The summed E-state index contributed by atoms with van der Waals surface area (Å²) >= 11 is -2.54. The molecule has 0 heterocycles. The van der Waals surface area contributed by atoms with Crippen LogP contribution in [0.5, 0.6) is 0 Å². The zero-order chi connectivity index (χ0) is 9.56. The van der Waals surface area contributed by atoms with Gasteiger partial charge in [-0.2, -0.15) is 0 Å². The molecule has 2 unspecified atom stereocenters. The first-order valence-corrected chi connectivity index (χ1v) is 4.23. The number of nitrogens with one attached hydrogen (secondary N) is 1. The third kappa shape index (κ3) is 6.02. The van der Waals surface area contributed by atoms with Crippen molar-refractivity contribution in [1.82, 2.24) is 5.32 Å². The van der Waals surface area contributed by atoms with Crippen molar-refractivity contribution in [1.29, 1.82) is 0 Å². The molecule has 2 atom stereocenters. The molecule has 0 bridgehead atoms. The fourth-order valence-corrected chi connectivity index (χ4v) is 0.821. The van der Waals surface area contributed by atoms with Crippen LogP contribution in [-0.4, -0.2) is 27.3 Å². The summed E-state index contributed by atoms with van der Waals surface area (Å²) in [6, 6.07) is 0. The quantitative estimate of drug-likeness (QED) is 0.470. The van der Waals surface area contributed by atoms with E-state index in [9.17, 15) is 13.6 Å². The summed E-state index contributed by atoms with van der Waals surface area (Å²) in [5.41, 5.74) is 0. The first-order valence-electron chi connectivity index (χ1n) is 3.23. The van der Waals surface area contributed by atoms with Crippen molar-refractivity contribution in [3.8, 4) is 0 Å². The average Bonchev–Trinajstić information content (AvgIpc) is 1.99. The molecule has 5 nitrogen and oxygen atoms in total. The van der Waals surface area contributed by atoms with Crippen molar-refractivity contribution in [3.63, 3.8) is 0 Å². The van der Waals surface area contributed by atoms with Gasteiger partial charge in [-0.3, -0.25) is 8.98 Å². The van der Waals surface area contributed by atoms with Crippen LogP contribution < -0.4 is 5.32 Å². The molecule has 12 heavy (non-hydrogen) atoms. The Morgan fingerprint density at radius 3 is 2.92 bits per heavy atom. The summed E-state index contributed by atoms with van der Waals surface area (Å²) in [4.78, 5) is 10.6. The van der Waals surface area contributed by atoms with Gasteiger partial charge in [-0.15, -0.1) is 0 Å². The first-order chi connectivity index (χ1) is 5.56. The summed E-state index contributed by atoms with van der Waals surface area (Å²) in [7, 11) is 0. The third-order valence-electron chi connectivity index (χ3n) is 0.992. The Labute approximate surface area is 73.3 Å². The van der Waals surface area contributed by atoms with Crippen molar-refractivity contribution in [2.45, 2.75) is 13.0 Å². The second kappa shape index (κ2) is 5.87. The molecular weight excluding hydrogens is 182 g/mol. The molecule has 1 N–H and O–H groups in total. The maximum atomic E-state index is 10.6. The summed E-state index contributed by atoms with van der Waals surface area (Å²) in [5.74, 6) is -0.359. The molecular formula is C6H10NO4S-. The van der Waals surface area contributed by atoms with Gasteiger partial charge in [0, 0.05) is 6.54 Å². The van der Waals surface area contributed by atoms with E-state index in [1.807, 2.05) is 0 Å². The Balaban J connectivity index is 3.56. The number of hydrogen-bond donors (Lipinski definition) is 1.